The molecule has 5 heteroatoms. The summed E-state index contributed by atoms with van der Waals surface area (Å²) in [6, 6.07) is 0. The second-order valence-corrected chi connectivity index (χ2v) is 4.97. The van der Waals surface area contributed by atoms with Gasteiger partial charge in [-0.1, -0.05) is 0 Å². The van der Waals surface area contributed by atoms with Crippen molar-refractivity contribution >= 4 is 5.91 Å². The molecule has 2 atom stereocenters. The van der Waals surface area contributed by atoms with Gasteiger partial charge in [-0.15, -0.1) is 0 Å². The van der Waals surface area contributed by atoms with Gasteiger partial charge in [0.1, 0.15) is 0 Å². The van der Waals surface area contributed by atoms with Crippen LogP contribution in [0, 0.1) is 5.92 Å². The Balaban J connectivity index is 1.78. The molecule has 1 N–H and O–H groups in total. The number of nitrogens with zero attached hydrogens (tertiary/aromatic N) is 2. The van der Waals surface area contributed by atoms with Crippen LogP contribution in [0.5, 0.6) is 0 Å². The van der Waals surface area contributed by atoms with Gasteiger partial charge >= 0.3 is 0 Å². The largest absolute Gasteiger partial charge is 0.395 e. The summed E-state index contributed by atoms with van der Waals surface area (Å²) in [4.78, 5) is 16.3. The van der Waals surface area contributed by atoms with Crippen LogP contribution in [0.2, 0.25) is 0 Å². The quantitative estimate of drug-likeness (QED) is 0.728. The second-order valence-electron chi connectivity index (χ2n) is 4.97. The van der Waals surface area contributed by atoms with Gasteiger partial charge in [-0.2, -0.15) is 0 Å². The Labute approximate surface area is 102 Å². The number of rotatable bonds is 3. The van der Waals surface area contributed by atoms with E-state index in [0.717, 1.165) is 32.6 Å². The van der Waals surface area contributed by atoms with Crippen LogP contribution in [0.1, 0.15) is 13.3 Å². The standard InChI is InChI=1S/C12H22N2O3/c1-10-8-11(9-17-10)12(16)14-4-2-13(3-5-14)6-7-15/h10-11,15H,2-9H2,1H3. The van der Waals surface area contributed by atoms with Gasteiger partial charge in [-0.05, 0) is 13.3 Å². The number of β-amino-alcohol motifs (C(OH)–C–C–N with tert-alkyl or cyclic N) is 1. The highest BCUT2D eigenvalue weighted by molar-refractivity contribution is 5.79. The molecular formula is C12H22N2O3. The molecule has 2 aliphatic rings. The third-order valence-electron chi connectivity index (χ3n) is 3.65. The number of hydrogen-bond acceptors (Lipinski definition) is 4. The molecule has 0 spiro atoms. The highest BCUT2D eigenvalue weighted by Gasteiger charge is 2.32. The normalized spacial score (nSPS) is 30.8. The molecule has 0 aromatic rings. The molecule has 2 heterocycles. The van der Waals surface area contributed by atoms with Crippen LogP contribution in [0.3, 0.4) is 0 Å². The molecule has 2 saturated heterocycles. The first-order chi connectivity index (χ1) is 8.20. The van der Waals surface area contributed by atoms with Gasteiger partial charge in [0, 0.05) is 32.7 Å². The van der Waals surface area contributed by atoms with Crippen LogP contribution in [0.25, 0.3) is 0 Å². The lowest BCUT2D eigenvalue weighted by Crippen LogP contribution is -2.50. The minimum Gasteiger partial charge on any atom is -0.395 e. The maximum atomic E-state index is 12.2. The summed E-state index contributed by atoms with van der Waals surface area (Å²) in [5.74, 6) is 0.312. The lowest BCUT2D eigenvalue weighted by atomic mass is 10.0. The summed E-state index contributed by atoms with van der Waals surface area (Å²) in [7, 11) is 0. The van der Waals surface area contributed by atoms with Crippen LogP contribution < -0.4 is 0 Å². The zero-order valence-corrected chi connectivity index (χ0v) is 10.5. The van der Waals surface area contributed by atoms with Gasteiger partial charge < -0.3 is 14.7 Å². The fraction of sp³-hybridized carbons (Fsp3) is 0.917. The first kappa shape index (κ1) is 12.8. The van der Waals surface area contributed by atoms with E-state index in [1.807, 2.05) is 11.8 Å². The van der Waals surface area contributed by atoms with Gasteiger partial charge in [0.15, 0.2) is 0 Å². The Bertz CT molecular complexity index is 264. The average Bonchev–Trinajstić information content (AvgIpc) is 2.76. The highest BCUT2D eigenvalue weighted by atomic mass is 16.5. The van der Waals surface area contributed by atoms with Gasteiger partial charge in [0.25, 0.3) is 0 Å². The number of carbonyl (C=O) groups excluding carboxylic acids is 1. The fourth-order valence-electron chi connectivity index (χ4n) is 2.58. The molecule has 2 unspecified atom stereocenters. The van der Waals surface area contributed by atoms with Crippen molar-refractivity contribution in [3.63, 3.8) is 0 Å². The fourth-order valence-corrected chi connectivity index (χ4v) is 2.58. The summed E-state index contributed by atoms with van der Waals surface area (Å²) >= 11 is 0. The molecule has 0 aliphatic carbocycles. The number of amides is 1. The number of piperazine rings is 1. The van der Waals surface area contributed by atoms with Crippen LogP contribution in [-0.2, 0) is 9.53 Å². The van der Waals surface area contributed by atoms with E-state index in [4.69, 9.17) is 9.84 Å². The monoisotopic (exact) mass is 242 g/mol. The molecule has 1 amide bonds. The topological polar surface area (TPSA) is 53.0 Å². The van der Waals surface area contributed by atoms with Crippen molar-refractivity contribution in [2.24, 2.45) is 5.92 Å². The molecule has 0 radical (unpaired) electrons. The van der Waals surface area contributed by atoms with Gasteiger partial charge in [-0.25, -0.2) is 0 Å². The molecular weight excluding hydrogens is 220 g/mol. The zero-order valence-electron chi connectivity index (χ0n) is 10.5. The molecule has 0 saturated carbocycles. The summed E-state index contributed by atoms with van der Waals surface area (Å²) in [5, 5.41) is 8.86. The summed E-state index contributed by atoms with van der Waals surface area (Å²) in [6.45, 7) is 6.81. The minimum atomic E-state index is 0.0643. The van der Waals surface area contributed by atoms with Crippen LogP contribution in [-0.4, -0.2) is 72.9 Å². The third-order valence-corrected chi connectivity index (χ3v) is 3.65. The average molecular weight is 242 g/mol. The third kappa shape index (κ3) is 3.18. The van der Waals surface area contributed by atoms with Crippen molar-refractivity contribution in [3.8, 4) is 0 Å². The maximum Gasteiger partial charge on any atom is 0.228 e. The zero-order chi connectivity index (χ0) is 12.3. The molecule has 98 valence electrons. The number of carbonyl (C=O) groups is 1. The van der Waals surface area contributed by atoms with E-state index in [0.29, 0.717) is 13.2 Å². The van der Waals surface area contributed by atoms with Crippen molar-refractivity contribution in [1.82, 2.24) is 9.80 Å². The van der Waals surface area contributed by atoms with Gasteiger partial charge in [0.2, 0.25) is 5.91 Å². The Morgan fingerprint density at radius 2 is 2.06 bits per heavy atom. The van der Waals surface area contributed by atoms with E-state index in [9.17, 15) is 4.79 Å². The highest BCUT2D eigenvalue weighted by Crippen LogP contribution is 2.21. The van der Waals surface area contributed by atoms with E-state index >= 15 is 0 Å². The summed E-state index contributed by atoms with van der Waals surface area (Å²) in [5.41, 5.74) is 0. The van der Waals surface area contributed by atoms with E-state index in [-0.39, 0.29) is 24.5 Å². The number of aliphatic hydroxyl groups excluding tert-OH is 1. The molecule has 0 aromatic carbocycles. The van der Waals surface area contributed by atoms with Crippen molar-refractivity contribution in [1.29, 1.82) is 0 Å². The Morgan fingerprint density at radius 3 is 2.59 bits per heavy atom. The first-order valence-corrected chi connectivity index (χ1v) is 6.44. The predicted molar refractivity (Wildman–Crippen MR) is 63.6 cm³/mol. The second kappa shape index (κ2) is 5.80. The molecule has 2 rings (SSSR count). The van der Waals surface area contributed by atoms with E-state index < -0.39 is 0 Å². The number of hydrogen-bond donors (Lipinski definition) is 1. The van der Waals surface area contributed by atoms with Crippen molar-refractivity contribution < 1.29 is 14.6 Å². The van der Waals surface area contributed by atoms with E-state index in [1.165, 1.54) is 0 Å². The predicted octanol–water partition coefficient (Wildman–Crippen LogP) is -0.452. The summed E-state index contributed by atoms with van der Waals surface area (Å²) < 4.78 is 5.45. The van der Waals surface area contributed by atoms with Crippen LogP contribution >= 0.6 is 0 Å². The first-order valence-electron chi connectivity index (χ1n) is 6.44. The maximum absolute atomic E-state index is 12.2. The molecule has 2 aliphatic heterocycles. The Hall–Kier alpha value is -0.650. The SMILES string of the molecule is CC1CC(C(=O)N2CCN(CCO)CC2)CO1. The van der Waals surface area contributed by atoms with Crippen molar-refractivity contribution in [2.75, 3.05) is 45.9 Å². The van der Waals surface area contributed by atoms with Crippen molar-refractivity contribution in [3.05, 3.63) is 0 Å². The Kier molecular flexibility index (Phi) is 4.36. The lowest BCUT2D eigenvalue weighted by Gasteiger charge is -2.35. The van der Waals surface area contributed by atoms with Crippen molar-refractivity contribution in [2.45, 2.75) is 19.4 Å². The van der Waals surface area contributed by atoms with Crippen LogP contribution in [0.15, 0.2) is 0 Å². The minimum absolute atomic E-state index is 0.0643. The summed E-state index contributed by atoms with van der Waals surface area (Å²) in [6.07, 6.45) is 1.08. The molecule has 0 bridgehead atoms. The van der Waals surface area contributed by atoms with Crippen LogP contribution in [0.4, 0.5) is 0 Å². The van der Waals surface area contributed by atoms with Gasteiger partial charge in [-0.3, -0.25) is 9.69 Å². The smallest absolute Gasteiger partial charge is 0.228 e. The number of ether oxygens (including phenoxy) is 1. The molecule has 5 nitrogen and oxygen atoms in total. The molecule has 0 aromatic heterocycles. The number of aliphatic hydroxyl groups is 1. The molecule has 2 fully saturated rings. The molecule has 17 heavy (non-hydrogen) atoms. The lowest BCUT2D eigenvalue weighted by molar-refractivity contribution is -0.137. The van der Waals surface area contributed by atoms with E-state index in [1.54, 1.807) is 0 Å². The van der Waals surface area contributed by atoms with Gasteiger partial charge in [0.05, 0.1) is 25.2 Å². The van der Waals surface area contributed by atoms with E-state index in [2.05, 4.69) is 4.90 Å². The Morgan fingerprint density at radius 1 is 1.35 bits per heavy atom.